The van der Waals surface area contributed by atoms with E-state index in [0.717, 1.165) is 22.2 Å². The van der Waals surface area contributed by atoms with Crippen molar-refractivity contribution in [3.8, 4) is 5.75 Å². The van der Waals surface area contributed by atoms with Crippen LogP contribution in [-0.2, 0) is 18.5 Å². The van der Waals surface area contributed by atoms with Gasteiger partial charge in [0, 0.05) is 30.3 Å². The number of nitrogens with zero attached hydrogens (tertiary/aromatic N) is 1. The third-order valence-corrected chi connectivity index (χ3v) is 2.52. The van der Waals surface area contributed by atoms with Crippen LogP contribution in [0.5, 0.6) is 5.75 Å². The maximum Gasteiger partial charge on any atom is 0.120 e. The minimum absolute atomic E-state index is 0.420. The van der Waals surface area contributed by atoms with Crippen molar-refractivity contribution in [2.24, 2.45) is 12.9 Å². The predicted molar refractivity (Wildman–Crippen MR) is 58.4 cm³/mol. The van der Waals surface area contributed by atoms with Gasteiger partial charge in [-0.05, 0) is 12.1 Å². The maximum absolute atomic E-state index is 5.18. The van der Waals surface area contributed by atoms with E-state index >= 15 is 0 Å². The van der Waals surface area contributed by atoms with Crippen LogP contribution in [-0.4, -0.2) is 11.7 Å². The van der Waals surface area contributed by atoms with Gasteiger partial charge in [-0.15, -0.1) is 0 Å². The van der Waals surface area contributed by atoms with Crippen molar-refractivity contribution in [1.82, 2.24) is 4.57 Å². The molecule has 0 atom stereocenters. The number of hydrogen-bond donors (Lipinski definition) is 1. The molecule has 2 N–H and O–H groups in total. The number of rotatable bonds is 3. The zero-order valence-electron chi connectivity index (χ0n) is 8.86. The average Bonchev–Trinajstić information content (AvgIpc) is 2.56. The second-order valence-corrected chi connectivity index (χ2v) is 3.46. The molecule has 0 spiro atoms. The van der Waals surface area contributed by atoms with E-state index in [4.69, 9.17) is 10.6 Å². The Morgan fingerprint density at radius 3 is 2.87 bits per heavy atom. The topological polar surface area (TPSA) is 49.4 Å². The number of aryl methyl sites for hydroxylation is 1. The first-order valence-corrected chi connectivity index (χ1v) is 4.70. The van der Waals surface area contributed by atoms with E-state index in [-0.39, 0.29) is 0 Å². The monoisotopic (exact) mass is 206 g/mol. The molecule has 0 fully saturated rings. The summed E-state index contributed by atoms with van der Waals surface area (Å²) in [6, 6.07) is 5.94. The fourth-order valence-electron chi connectivity index (χ4n) is 1.78. The summed E-state index contributed by atoms with van der Waals surface area (Å²) in [4.78, 5) is 4.66. The number of benzene rings is 1. The molecule has 0 aliphatic rings. The van der Waals surface area contributed by atoms with Gasteiger partial charge in [0.1, 0.15) is 5.75 Å². The van der Waals surface area contributed by atoms with Crippen LogP contribution in [0.3, 0.4) is 0 Å². The molecule has 1 aromatic heterocycles. The highest BCUT2D eigenvalue weighted by Crippen LogP contribution is 2.25. The van der Waals surface area contributed by atoms with E-state index < -0.39 is 0 Å². The molecular weight excluding hydrogens is 192 g/mol. The molecule has 15 heavy (non-hydrogen) atoms. The van der Waals surface area contributed by atoms with Crippen LogP contribution in [0.1, 0.15) is 5.56 Å². The second kappa shape index (κ2) is 3.92. The molecule has 0 saturated carbocycles. The van der Waals surface area contributed by atoms with Gasteiger partial charge in [0.15, 0.2) is 0 Å². The lowest BCUT2D eigenvalue weighted by Gasteiger charge is -2.01. The third-order valence-electron chi connectivity index (χ3n) is 2.52. The predicted octanol–water partition coefficient (Wildman–Crippen LogP) is 1.58. The summed E-state index contributed by atoms with van der Waals surface area (Å²) in [5, 5.41) is 1.14. The van der Waals surface area contributed by atoms with Crippen LogP contribution in [0, 0.1) is 0 Å². The van der Waals surface area contributed by atoms with E-state index in [1.165, 1.54) is 0 Å². The summed E-state index contributed by atoms with van der Waals surface area (Å²) in [6.07, 6.45) is 2.01. The molecule has 2 aromatic rings. The van der Waals surface area contributed by atoms with E-state index in [2.05, 4.69) is 4.84 Å². The Kier molecular flexibility index (Phi) is 2.62. The normalized spacial score (nSPS) is 10.9. The van der Waals surface area contributed by atoms with Crippen LogP contribution in [0.4, 0.5) is 0 Å². The number of ether oxygens (including phenoxy) is 1. The van der Waals surface area contributed by atoms with Crippen molar-refractivity contribution < 1.29 is 9.57 Å². The summed E-state index contributed by atoms with van der Waals surface area (Å²) >= 11 is 0. The molecule has 0 radical (unpaired) electrons. The first-order valence-electron chi connectivity index (χ1n) is 4.70. The fourth-order valence-corrected chi connectivity index (χ4v) is 1.78. The zero-order valence-corrected chi connectivity index (χ0v) is 8.86. The Morgan fingerprint density at radius 2 is 2.20 bits per heavy atom. The average molecular weight is 206 g/mol. The van der Waals surface area contributed by atoms with Crippen molar-refractivity contribution in [2.45, 2.75) is 6.61 Å². The summed E-state index contributed by atoms with van der Waals surface area (Å²) in [7, 11) is 3.65. The Hall–Kier alpha value is -1.52. The lowest BCUT2D eigenvalue weighted by molar-refractivity contribution is 0.125. The van der Waals surface area contributed by atoms with Gasteiger partial charge in [-0.3, -0.25) is 4.84 Å². The van der Waals surface area contributed by atoms with Crippen molar-refractivity contribution >= 4 is 10.9 Å². The summed E-state index contributed by atoms with van der Waals surface area (Å²) in [5.41, 5.74) is 2.19. The number of nitrogens with two attached hydrogens (primary N) is 1. The van der Waals surface area contributed by atoms with E-state index in [1.807, 2.05) is 36.0 Å². The highest BCUT2D eigenvalue weighted by atomic mass is 16.6. The number of fused-ring (bicyclic) bond motifs is 1. The molecule has 0 aliphatic carbocycles. The smallest absolute Gasteiger partial charge is 0.120 e. The molecule has 0 saturated heterocycles. The molecule has 0 amide bonds. The van der Waals surface area contributed by atoms with E-state index in [9.17, 15) is 0 Å². The first kappa shape index (κ1) is 10.0. The van der Waals surface area contributed by atoms with Gasteiger partial charge in [-0.1, -0.05) is 0 Å². The summed E-state index contributed by atoms with van der Waals surface area (Å²) in [5.74, 6) is 5.93. The van der Waals surface area contributed by atoms with Crippen LogP contribution in [0.2, 0.25) is 0 Å². The minimum Gasteiger partial charge on any atom is -0.497 e. The van der Waals surface area contributed by atoms with Crippen LogP contribution in [0.15, 0.2) is 24.4 Å². The molecule has 4 heteroatoms. The third kappa shape index (κ3) is 1.69. The lowest BCUT2D eigenvalue weighted by atomic mass is 10.2. The highest BCUT2D eigenvalue weighted by Gasteiger charge is 2.07. The van der Waals surface area contributed by atoms with Gasteiger partial charge in [0.2, 0.25) is 0 Å². The molecule has 2 rings (SSSR count). The zero-order chi connectivity index (χ0) is 10.8. The summed E-state index contributed by atoms with van der Waals surface area (Å²) in [6.45, 7) is 0.420. The van der Waals surface area contributed by atoms with Crippen molar-refractivity contribution in [3.63, 3.8) is 0 Å². The van der Waals surface area contributed by atoms with Gasteiger partial charge in [-0.2, -0.15) is 0 Å². The maximum atomic E-state index is 5.18. The van der Waals surface area contributed by atoms with Gasteiger partial charge in [0.25, 0.3) is 0 Å². The van der Waals surface area contributed by atoms with E-state index in [0.29, 0.717) is 6.61 Å². The SMILES string of the molecule is COc1ccc2c(CON)cn(C)c2c1. The molecule has 80 valence electrons. The highest BCUT2D eigenvalue weighted by molar-refractivity contribution is 5.85. The summed E-state index contributed by atoms with van der Waals surface area (Å²) < 4.78 is 7.21. The Bertz CT molecular complexity index is 477. The van der Waals surface area contributed by atoms with Crippen molar-refractivity contribution in [2.75, 3.05) is 7.11 Å². The van der Waals surface area contributed by atoms with Gasteiger partial charge in [-0.25, -0.2) is 5.90 Å². The molecule has 0 aliphatic heterocycles. The quantitative estimate of drug-likeness (QED) is 0.775. The molecule has 1 heterocycles. The van der Waals surface area contributed by atoms with Crippen molar-refractivity contribution in [3.05, 3.63) is 30.0 Å². The molecule has 1 aromatic carbocycles. The largest absolute Gasteiger partial charge is 0.497 e. The Morgan fingerprint density at radius 1 is 1.40 bits per heavy atom. The Labute approximate surface area is 88.1 Å². The number of methoxy groups -OCH3 is 1. The minimum atomic E-state index is 0.420. The number of hydrogen-bond acceptors (Lipinski definition) is 3. The van der Waals surface area contributed by atoms with Gasteiger partial charge >= 0.3 is 0 Å². The van der Waals surface area contributed by atoms with Crippen LogP contribution < -0.4 is 10.6 Å². The first-order chi connectivity index (χ1) is 7.26. The molecular formula is C11H14N2O2. The molecule has 4 nitrogen and oxygen atoms in total. The van der Waals surface area contributed by atoms with Crippen LogP contribution >= 0.6 is 0 Å². The van der Waals surface area contributed by atoms with Gasteiger partial charge in [0.05, 0.1) is 19.2 Å². The van der Waals surface area contributed by atoms with Crippen LogP contribution in [0.25, 0.3) is 10.9 Å². The number of aromatic nitrogens is 1. The van der Waals surface area contributed by atoms with Crippen molar-refractivity contribution in [1.29, 1.82) is 0 Å². The lowest BCUT2D eigenvalue weighted by Crippen LogP contribution is -1.97. The van der Waals surface area contributed by atoms with E-state index in [1.54, 1.807) is 7.11 Å². The molecule has 0 unspecified atom stereocenters. The Balaban J connectivity index is 2.59. The van der Waals surface area contributed by atoms with Gasteiger partial charge < -0.3 is 9.30 Å². The second-order valence-electron chi connectivity index (χ2n) is 3.46. The standard InChI is InChI=1S/C11H14N2O2/c1-13-6-8(7-15-12)10-4-3-9(14-2)5-11(10)13/h3-6H,7,12H2,1-2H3. The fraction of sp³-hybridized carbons (Fsp3) is 0.273. The molecule has 0 bridgehead atoms.